The van der Waals surface area contributed by atoms with Gasteiger partial charge in [0.25, 0.3) is 5.91 Å². The van der Waals surface area contributed by atoms with Gasteiger partial charge in [0.15, 0.2) is 5.76 Å². The van der Waals surface area contributed by atoms with Gasteiger partial charge < -0.3 is 24.3 Å². The van der Waals surface area contributed by atoms with E-state index in [1.807, 2.05) is 0 Å². The Morgan fingerprint density at radius 3 is 2.78 bits per heavy atom. The Hall–Kier alpha value is -2.87. The van der Waals surface area contributed by atoms with Crippen molar-refractivity contribution in [2.45, 2.75) is 38.8 Å². The van der Waals surface area contributed by atoms with Gasteiger partial charge in [0.05, 0.1) is 13.2 Å². The Balaban J connectivity index is 1.60. The summed E-state index contributed by atoms with van der Waals surface area (Å²) in [6, 6.07) is 4.81. The number of nitrogens with one attached hydrogen (secondary N) is 1. The van der Waals surface area contributed by atoms with Crippen LogP contribution in [0.1, 0.15) is 52.0 Å². The summed E-state index contributed by atoms with van der Waals surface area (Å²) in [7, 11) is 0. The topological polar surface area (TPSA) is 111 Å². The lowest BCUT2D eigenvalue weighted by Gasteiger charge is -2.22. The third-order valence-corrected chi connectivity index (χ3v) is 4.29. The smallest absolute Gasteiger partial charge is 0.339 e. The van der Waals surface area contributed by atoms with E-state index in [4.69, 9.17) is 19.0 Å². The molecule has 144 valence electrons. The highest BCUT2D eigenvalue weighted by Gasteiger charge is 2.20. The molecule has 0 atom stereocenters. The molecule has 2 N–H and O–H groups in total. The summed E-state index contributed by atoms with van der Waals surface area (Å²) in [5, 5.41) is 11.9. The normalized spacial score (nSPS) is 14.7. The van der Waals surface area contributed by atoms with Gasteiger partial charge in [-0.25, -0.2) is 9.78 Å². The van der Waals surface area contributed by atoms with Crippen molar-refractivity contribution in [3.8, 4) is 5.88 Å². The number of carboxylic acid groups (broad SMARTS) is 1. The van der Waals surface area contributed by atoms with Gasteiger partial charge in [-0.1, -0.05) is 6.92 Å². The van der Waals surface area contributed by atoms with Crippen molar-refractivity contribution in [2.75, 3.05) is 13.2 Å². The number of furan rings is 1. The number of carboxylic acids is 1. The largest absolute Gasteiger partial charge is 0.478 e. The van der Waals surface area contributed by atoms with Crippen molar-refractivity contribution < 1.29 is 28.6 Å². The minimum atomic E-state index is -1.11. The molecular weight excluding hydrogens is 352 g/mol. The van der Waals surface area contributed by atoms with E-state index in [2.05, 4.69) is 10.3 Å². The molecule has 1 aliphatic rings. The minimum Gasteiger partial charge on any atom is -0.478 e. The molecule has 1 amide bonds. The molecule has 1 saturated heterocycles. The number of aromatic carboxylic acids is 1. The Morgan fingerprint density at radius 2 is 2.11 bits per heavy atom. The van der Waals surface area contributed by atoms with Gasteiger partial charge in [0, 0.05) is 44.1 Å². The molecule has 2 aromatic rings. The standard InChI is InChI=1S/C19H22N2O6/c1-2-15-14(19(23)24)10-16(27-15)18(22)21-11-12-3-6-20-17(9-12)26-13-4-7-25-8-5-13/h3,6,9-10,13H,2,4-5,7-8,11H2,1H3,(H,21,22)(H,23,24). The third-order valence-electron chi connectivity index (χ3n) is 4.29. The molecule has 0 aromatic carbocycles. The lowest BCUT2D eigenvalue weighted by molar-refractivity contribution is 0.0237. The molecule has 0 saturated carbocycles. The van der Waals surface area contributed by atoms with Gasteiger partial charge in [0.1, 0.15) is 17.4 Å². The van der Waals surface area contributed by atoms with Crippen LogP contribution >= 0.6 is 0 Å². The molecule has 0 bridgehead atoms. The van der Waals surface area contributed by atoms with Gasteiger partial charge in [-0.3, -0.25) is 4.79 Å². The van der Waals surface area contributed by atoms with Crippen molar-refractivity contribution in [1.29, 1.82) is 0 Å². The fourth-order valence-corrected chi connectivity index (χ4v) is 2.84. The average molecular weight is 374 g/mol. The lowest BCUT2D eigenvalue weighted by atomic mass is 10.1. The van der Waals surface area contributed by atoms with Crippen LogP contribution in [0.15, 0.2) is 28.8 Å². The van der Waals surface area contributed by atoms with E-state index >= 15 is 0 Å². The van der Waals surface area contributed by atoms with Crippen molar-refractivity contribution in [2.24, 2.45) is 0 Å². The number of carbonyl (C=O) groups excluding carboxylic acids is 1. The summed E-state index contributed by atoms with van der Waals surface area (Å²) < 4.78 is 16.5. The molecule has 27 heavy (non-hydrogen) atoms. The number of carbonyl (C=O) groups is 2. The predicted molar refractivity (Wildman–Crippen MR) is 94.9 cm³/mol. The predicted octanol–water partition coefficient (Wildman–Crippen LogP) is 2.42. The summed E-state index contributed by atoms with van der Waals surface area (Å²) in [6.07, 6.45) is 3.76. The molecule has 1 aliphatic heterocycles. The molecule has 8 heteroatoms. The highest BCUT2D eigenvalue weighted by atomic mass is 16.5. The van der Waals surface area contributed by atoms with Crippen LogP contribution in [-0.4, -0.2) is 41.3 Å². The average Bonchev–Trinajstić information content (AvgIpc) is 3.12. The first-order valence-electron chi connectivity index (χ1n) is 8.90. The first-order valence-corrected chi connectivity index (χ1v) is 8.90. The van der Waals surface area contributed by atoms with E-state index < -0.39 is 11.9 Å². The Kier molecular flexibility index (Phi) is 6.08. The zero-order chi connectivity index (χ0) is 19.2. The molecular formula is C19H22N2O6. The number of nitrogens with zero attached hydrogens (tertiary/aromatic N) is 1. The first-order chi connectivity index (χ1) is 13.1. The maximum Gasteiger partial charge on any atom is 0.339 e. The molecule has 3 heterocycles. The molecule has 0 unspecified atom stereocenters. The molecule has 0 radical (unpaired) electrons. The number of aromatic nitrogens is 1. The second kappa shape index (κ2) is 8.68. The van der Waals surface area contributed by atoms with E-state index in [0.717, 1.165) is 18.4 Å². The second-order valence-electron chi connectivity index (χ2n) is 6.22. The fraction of sp³-hybridized carbons (Fsp3) is 0.421. The number of pyridine rings is 1. The summed E-state index contributed by atoms with van der Waals surface area (Å²) >= 11 is 0. The number of ether oxygens (including phenoxy) is 2. The first kappa shape index (κ1) is 18.9. The Labute approximate surface area is 156 Å². The number of amides is 1. The SMILES string of the molecule is CCc1oc(C(=O)NCc2ccnc(OC3CCOCC3)c2)cc1C(=O)O. The van der Waals surface area contributed by atoms with Crippen LogP contribution in [0.4, 0.5) is 0 Å². The van der Waals surface area contributed by atoms with Gasteiger partial charge in [0.2, 0.25) is 5.88 Å². The van der Waals surface area contributed by atoms with Crippen LogP contribution < -0.4 is 10.1 Å². The minimum absolute atomic E-state index is 0.0127. The van der Waals surface area contributed by atoms with E-state index in [1.54, 1.807) is 25.3 Å². The van der Waals surface area contributed by atoms with Crippen molar-refractivity contribution in [1.82, 2.24) is 10.3 Å². The number of aryl methyl sites for hydroxylation is 1. The number of hydrogen-bond acceptors (Lipinski definition) is 6. The summed E-state index contributed by atoms with van der Waals surface area (Å²) in [6.45, 7) is 3.38. The molecule has 0 aliphatic carbocycles. The van der Waals surface area contributed by atoms with Crippen LogP contribution in [0.3, 0.4) is 0 Å². The summed E-state index contributed by atoms with van der Waals surface area (Å²) in [4.78, 5) is 27.6. The third kappa shape index (κ3) is 4.85. The zero-order valence-electron chi connectivity index (χ0n) is 15.1. The molecule has 8 nitrogen and oxygen atoms in total. The van der Waals surface area contributed by atoms with Crippen LogP contribution in [0, 0.1) is 0 Å². The summed E-state index contributed by atoms with van der Waals surface area (Å²) in [5.41, 5.74) is 0.833. The molecule has 1 fully saturated rings. The lowest BCUT2D eigenvalue weighted by Crippen LogP contribution is -2.26. The number of rotatable bonds is 7. The van der Waals surface area contributed by atoms with Crippen LogP contribution in [-0.2, 0) is 17.7 Å². The van der Waals surface area contributed by atoms with E-state index in [0.29, 0.717) is 25.5 Å². The molecule has 3 rings (SSSR count). The van der Waals surface area contributed by atoms with Gasteiger partial charge >= 0.3 is 5.97 Å². The van der Waals surface area contributed by atoms with Crippen LogP contribution in [0.25, 0.3) is 0 Å². The molecule has 2 aromatic heterocycles. The van der Waals surface area contributed by atoms with Crippen molar-refractivity contribution in [3.05, 3.63) is 47.0 Å². The highest BCUT2D eigenvalue weighted by Crippen LogP contribution is 2.18. The maximum atomic E-state index is 12.3. The Morgan fingerprint density at radius 1 is 1.33 bits per heavy atom. The van der Waals surface area contributed by atoms with Crippen LogP contribution in [0.2, 0.25) is 0 Å². The van der Waals surface area contributed by atoms with Crippen LogP contribution in [0.5, 0.6) is 5.88 Å². The number of hydrogen-bond donors (Lipinski definition) is 2. The zero-order valence-corrected chi connectivity index (χ0v) is 15.1. The van der Waals surface area contributed by atoms with E-state index in [9.17, 15) is 9.59 Å². The van der Waals surface area contributed by atoms with E-state index in [1.165, 1.54) is 6.07 Å². The highest BCUT2D eigenvalue weighted by molar-refractivity contribution is 5.96. The molecule has 0 spiro atoms. The maximum absolute atomic E-state index is 12.3. The fourth-order valence-electron chi connectivity index (χ4n) is 2.84. The quantitative estimate of drug-likeness (QED) is 0.765. The van der Waals surface area contributed by atoms with E-state index in [-0.39, 0.29) is 29.7 Å². The van der Waals surface area contributed by atoms with Gasteiger partial charge in [-0.05, 0) is 11.6 Å². The van der Waals surface area contributed by atoms with Crippen molar-refractivity contribution >= 4 is 11.9 Å². The second-order valence-corrected chi connectivity index (χ2v) is 6.22. The Bertz CT molecular complexity index is 810. The summed E-state index contributed by atoms with van der Waals surface area (Å²) in [5.74, 6) is -0.812. The van der Waals surface area contributed by atoms with Crippen molar-refractivity contribution in [3.63, 3.8) is 0 Å². The van der Waals surface area contributed by atoms with Gasteiger partial charge in [-0.2, -0.15) is 0 Å². The monoisotopic (exact) mass is 374 g/mol. The van der Waals surface area contributed by atoms with Gasteiger partial charge in [-0.15, -0.1) is 0 Å².